The van der Waals surface area contributed by atoms with Crippen molar-refractivity contribution in [1.29, 1.82) is 0 Å². The number of hydrogen-bond acceptors (Lipinski definition) is 7. The zero-order valence-electron chi connectivity index (χ0n) is 16.3. The van der Waals surface area contributed by atoms with Gasteiger partial charge < -0.3 is 4.52 Å². The number of nitrogens with zero attached hydrogens (tertiary/aromatic N) is 4. The molecule has 1 aromatic heterocycles. The predicted octanol–water partition coefficient (Wildman–Crippen LogP) is 3.52. The van der Waals surface area contributed by atoms with Gasteiger partial charge in [0.05, 0.1) is 15.7 Å². The molecule has 30 heavy (non-hydrogen) atoms. The van der Waals surface area contributed by atoms with Crippen molar-refractivity contribution in [2.75, 3.05) is 13.1 Å². The van der Waals surface area contributed by atoms with E-state index in [1.807, 2.05) is 31.2 Å². The van der Waals surface area contributed by atoms with Gasteiger partial charge in [-0.25, -0.2) is 8.42 Å². The molecular formula is C20H20N4O5S. The fourth-order valence-corrected chi connectivity index (χ4v) is 5.00. The highest BCUT2D eigenvalue weighted by Crippen LogP contribution is 2.31. The number of benzene rings is 2. The fraction of sp³-hybridized carbons (Fsp3) is 0.300. The van der Waals surface area contributed by atoms with Crippen molar-refractivity contribution in [2.45, 2.75) is 30.6 Å². The lowest BCUT2D eigenvalue weighted by molar-refractivity contribution is -0.384. The average molecular weight is 428 g/mol. The van der Waals surface area contributed by atoms with Crippen LogP contribution in [0.2, 0.25) is 0 Å². The molecule has 0 aliphatic carbocycles. The SMILES string of the molecule is Cc1ccc(-c2noc([C@H]3CCCN(S(=O)(=O)c4ccc([N+](=O)[O-])cc4)C3)n2)cc1. The summed E-state index contributed by atoms with van der Waals surface area (Å²) < 4.78 is 32.8. The van der Waals surface area contributed by atoms with Gasteiger partial charge >= 0.3 is 0 Å². The number of aromatic nitrogens is 2. The molecule has 4 rings (SSSR count). The highest BCUT2D eigenvalue weighted by atomic mass is 32.2. The van der Waals surface area contributed by atoms with Crippen LogP contribution in [0.15, 0.2) is 57.9 Å². The van der Waals surface area contributed by atoms with E-state index in [9.17, 15) is 18.5 Å². The van der Waals surface area contributed by atoms with E-state index in [1.54, 1.807) is 0 Å². The van der Waals surface area contributed by atoms with E-state index < -0.39 is 14.9 Å². The number of nitro groups is 1. The van der Waals surface area contributed by atoms with Crippen LogP contribution < -0.4 is 0 Å². The third kappa shape index (κ3) is 3.96. The first-order valence-corrected chi connectivity index (χ1v) is 10.9. The second-order valence-corrected chi connectivity index (χ2v) is 9.21. The molecule has 0 radical (unpaired) electrons. The van der Waals surface area contributed by atoms with Crippen LogP contribution in [0.1, 0.15) is 30.2 Å². The van der Waals surface area contributed by atoms with Crippen molar-refractivity contribution < 1.29 is 17.9 Å². The van der Waals surface area contributed by atoms with Gasteiger partial charge in [-0.3, -0.25) is 10.1 Å². The number of piperidine rings is 1. The molecule has 1 aliphatic heterocycles. The maximum atomic E-state index is 13.0. The number of hydrogen-bond donors (Lipinski definition) is 0. The number of rotatable bonds is 5. The molecule has 0 bridgehead atoms. The fourth-order valence-electron chi connectivity index (χ4n) is 3.47. The van der Waals surface area contributed by atoms with Gasteiger partial charge in [0.15, 0.2) is 0 Å². The molecule has 3 aromatic rings. The van der Waals surface area contributed by atoms with Crippen molar-refractivity contribution in [3.05, 3.63) is 70.1 Å². The predicted molar refractivity (Wildman–Crippen MR) is 108 cm³/mol. The summed E-state index contributed by atoms with van der Waals surface area (Å²) >= 11 is 0. The monoisotopic (exact) mass is 428 g/mol. The Morgan fingerprint density at radius 2 is 1.83 bits per heavy atom. The molecule has 1 saturated heterocycles. The van der Waals surface area contributed by atoms with Gasteiger partial charge in [-0.05, 0) is 31.9 Å². The highest BCUT2D eigenvalue weighted by Gasteiger charge is 2.33. The summed E-state index contributed by atoms with van der Waals surface area (Å²) in [5, 5.41) is 14.9. The van der Waals surface area contributed by atoms with Crippen LogP contribution in [-0.2, 0) is 10.0 Å². The summed E-state index contributed by atoms with van der Waals surface area (Å²) in [7, 11) is -3.77. The van der Waals surface area contributed by atoms with Crippen LogP contribution in [0.4, 0.5) is 5.69 Å². The highest BCUT2D eigenvalue weighted by molar-refractivity contribution is 7.89. The lowest BCUT2D eigenvalue weighted by Crippen LogP contribution is -2.39. The average Bonchev–Trinajstić information content (AvgIpc) is 3.25. The summed E-state index contributed by atoms with van der Waals surface area (Å²) in [4.78, 5) is 14.8. The second-order valence-electron chi connectivity index (χ2n) is 7.28. The van der Waals surface area contributed by atoms with E-state index in [1.165, 1.54) is 28.6 Å². The maximum absolute atomic E-state index is 13.0. The summed E-state index contributed by atoms with van der Waals surface area (Å²) in [5.74, 6) is 0.674. The van der Waals surface area contributed by atoms with Gasteiger partial charge in [0.1, 0.15) is 0 Å². The van der Waals surface area contributed by atoms with Gasteiger partial charge in [-0.15, -0.1) is 0 Å². The Morgan fingerprint density at radius 1 is 1.13 bits per heavy atom. The Hall–Kier alpha value is -3.11. The quantitative estimate of drug-likeness (QED) is 0.450. The van der Waals surface area contributed by atoms with Crippen LogP contribution >= 0.6 is 0 Å². The van der Waals surface area contributed by atoms with Gasteiger partial charge in [0.25, 0.3) is 5.69 Å². The molecule has 1 atom stereocenters. The smallest absolute Gasteiger partial charge is 0.269 e. The summed E-state index contributed by atoms with van der Waals surface area (Å²) in [6.07, 6.45) is 1.39. The van der Waals surface area contributed by atoms with Crippen LogP contribution in [0, 0.1) is 17.0 Å². The molecule has 0 spiro atoms. The Kier molecular flexibility index (Phi) is 5.35. The van der Waals surface area contributed by atoms with Crippen LogP contribution in [0.25, 0.3) is 11.4 Å². The van der Waals surface area contributed by atoms with Crippen molar-refractivity contribution in [1.82, 2.24) is 14.4 Å². The Bertz CT molecular complexity index is 1160. The molecular weight excluding hydrogens is 408 g/mol. The van der Waals surface area contributed by atoms with Crippen molar-refractivity contribution >= 4 is 15.7 Å². The number of aryl methyl sites for hydroxylation is 1. The summed E-state index contributed by atoms with van der Waals surface area (Å²) in [6.45, 7) is 2.58. The minimum absolute atomic E-state index is 0.0274. The Balaban J connectivity index is 1.53. The minimum atomic E-state index is -3.77. The zero-order chi connectivity index (χ0) is 21.3. The molecule has 2 aromatic carbocycles. The first-order chi connectivity index (χ1) is 14.3. The lowest BCUT2D eigenvalue weighted by atomic mass is 10.00. The van der Waals surface area contributed by atoms with E-state index in [0.717, 1.165) is 17.5 Å². The van der Waals surface area contributed by atoms with Crippen LogP contribution in [0.3, 0.4) is 0 Å². The maximum Gasteiger partial charge on any atom is 0.269 e. The number of non-ortho nitro benzene ring substituents is 1. The van der Waals surface area contributed by atoms with E-state index in [0.29, 0.717) is 24.7 Å². The molecule has 0 N–H and O–H groups in total. The molecule has 10 heteroatoms. The molecule has 9 nitrogen and oxygen atoms in total. The molecule has 0 saturated carbocycles. The third-order valence-corrected chi connectivity index (χ3v) is 7.05. The van der Waals surface area contributed by atoms with Crippen LogP contribution in [-0.4, -0.2) is 40.9 Å². The standard InChI is InChI=1S/C20H20N4O5S/c1-14-4-6-15(7-5-14)19-21-20(29-22-19)16-3-2-12-23(13-16)30(27,28)18-10-8-17(9-11-18)24(25)26/h4-11,16H,2-3,12-13H2,1H3/t16-/m0/s1. The molecule has 1 fully saturated rings. The summed E-state index contributed by atoms with van der Waals surface area (Å²) in [5.41, 5.74) is 1.81. The number of nitro benzene ring substituents is 1. The van der Waals surface area contributed by atoms with Crippen molar-refractivity contribution in [2.24, 2.45) is 0 Å². The Morgan fingerprint density at radius 3 is 2.50 bits per heavy atom. The van der Waals surface area contributed by atoms with Gasteiger partial charge in [-0.1, -0.05) is 35.0 Å². The largest absolute Gasteiger partial charge is 0.339 e. The van der Waals surface area contributed by atoms with Crippen molar-refractivity contribution in [3.63, 3.8) is 0 Å². The Labute approximate surface area is 173 Å². The first-order valence-electron chi connectivity index (χ1n) is 9.50. The van der Waals surface area contributed by atoms with E-state index in [4.69, 9.17) is 4.52 Å². The number of sulfonamides is 1. The van der Waals surface area contributed by atoms with E-state index in [2.05, 4.69) is 10.1 Å². The minimum Gasteiger partial charge on any atom is -0.339 e. The first kappa shape index (κ1) is 20.2. The summed E-state index contributed by atoms with van der Waals surface area (Å²) in [6, 6.07) is 12.7. The second kappa shape index (κ2) is 7.96. The van der Waals surface area contributed by atoms with Gasteiger partial charge in [0.2, 0.25) is 21.7 Å². The third-order valence-electron chi connectivity index (χ3n) is 5.17. The normalized spacial score (nSPS) is 17.7. The van der Waals surface area contributed by atoms with E-state index >= 15 is 0 Å². The van der Waals surface area contributed by atoms with Crippen molar-refractivity contribution in [3.8, 4) is 11.4 Å². The molecule has 156 valence electrons. The van der Waals surface area contributed by atoms with E-state index in [-0.39, 0.29) is 23.0 Å². The molecule has 0 unspecified atom stereocenters. The van der Waals surface area contributed by atoms with Gasteiger partial charge in [-0.2, -0.15) is 9.29 Å². The van der Waals surface area contributed by atoms with Crippen LogP contribution in [0.5, 0.6) is 0 Å². The van der Waals surface area contributed by atoms with Gasteiger partial charge in [0, 0.05) is 30.8 Å². The lowest BCUT2D eigenvalue weighted by Gasteiger charge is -2.30. The topological polar surface area (TPSA) is 119 Å². The molecule has 0 amide bonds. The molecule has 2 heterocycles. The molecule has 1 aliphatic rings. The zero-order valence-corrected chi connectivity index (χ0v) is 17.1.